The third-order valence-corrected chi connectivity index (χ3v) is 12.8. The van der Waals surface area contributed by atoms with E-state index >= 15 is 0 Å². The van der Waals surface area contributed by atoms with Crippen LogP contribution in [0.3, 0.4) is 0 Å². The molecule has 3 nitrogen and oxygen atoms in total. The third kappa shape index (κ3) is 3.25. The first-order chi connectivity index (χ1) is 8.09. The second kappa shape index (κ2) is 6.16. The molecule has 0 saturated carbocycles. The van der Waals surface area contributed by atoms with Gasteiger partial charge in [-0.1, -0.05) is 29.7 Å². The third-order valence-electron chi connectivity index (χ3n) is 3.05. The number of ether oxygens (including phenoxy) is 2. The van der Waals surface area contributed by atoms with Crippen LogP contribution in [0, 0.1) is 0 Å². The van der Waals surface area contributed by atoms with Gasteiger partial charge in [0.05, 0.1) is 12.1 Å². The molecule has 2 aliphatic rings. The summed E-state index contributed by atoms with van der Waals surface area (Å²) in [6.45, 7) is 2.12. The van der Waals surface area contributed by atoms with Gasteiger partial charge in [-0.3, -0.25) is 0 Å². The zero-order valence-corrected chi connectivity index (χ0v) is 13.7. The predicted octanol–water partition coefficient (Wildman–Crippen LogP) is 1.86. The lowest BCUT2D eigenvalue weighted by Gasteiger charge is -2.26. The van der Waals surface area contributed by atoms with E-state index in [-0.39, 0.29) is 24.3 Å². The van der Waals surface area contributed by atoms with Gasteiger partial charge in [0.15, 0.2) is 4.67 Å². The van der Waals surface area contributed by atoms with Gasteiger partial charge in [-0.2, -0.15) is 0 Å². The summed E-state index contributed by atoms with van der Waals surface area (Å²) in [6, 6.07) is 0.0918. The molecule has 0 aromatic rings. The number of methoxy groups -OCH3 is 1. The molecule has 0 aliphatic carbocycles. The SMILES string of the molecule is B[C@@H]1O[C@H](CC)[C@@H](OP2(=S)SCCS2)[C@H]1OC. The lowest BCUT2D eigenvalue weighted by molar-refractivity contribution is 0.0261. The fraction of sp³-hybridized carbons (Fsp3) is 1.00. The summed E-state index contributed by atoms with van der Waals surface area (Å²) < 4.78 is 15.9. The van der Waals surface area contributed by atoms with Crippen molar-refractivity contribution in [3.63, 3.8) is 0 Å². The Hall–Kier alpha value is 1.29. The monoisotopic (exact) mass is 312 g/mol. The van der Waals surface area contributed by atoms with Crippen LogP contribution in [0.1, 0.15) is 13.3 Å². The van der Waals surface area contributed by atoms with Crippen LogP contribution in [0.15, 0.2) is 0 Å². The highest BCUT2D eigenvalue weighted by atomic mass is 33.2. The van der Waals surface area contributed by atoms with Crippen LogP contribution in [-0.4, -0.2) is 50.8 Å². The molecule has 2 fully saturated rings. The molecular weight excluding hydrogens is 294 g/mol. The zero-order chi connectivity index (χ0) is 12.5. The van der Waals surface area contributed by atoms with Gasteiger partial charge in [0, 0.05) is 18.6 Å². The van der Waals surface area contributed by atoms with Gasteiger partial charge in [0.25, 0.3) is 0 Å². The van der Waals surface area contributed by atoms with Gasteiger partial charge >= 0.3 is 0 Å². The summed E-state index contributed by atoms with van der Waals surface area (Å²) in [5.41, 5.74) is 0. The Bertz CT molecular complexity index is 310. The molecule has 8 heteroatoms. The minimum Gasteiger partial charge on any atom is -0.378 e. The van der Waals surface area contributed by atoms with Crippen molar-refractivity contribution in [2.75, 3.05) is 18.6 Å². The maximum absolute atomic E-state index is 6.24. The largest absolute Gasteiger partial charge is 0.378 e. The summed E-state index contributed by atoms with van der Waals surface area (Å²) in [6.07, 6.45) is 1.08. The van der Waals surface area contributed by atoms with Crippen molar-refractivity contribution < 1.29 is 14.0 Å². The molecule has 0 amide bonds. The van der Waals surface area contributed by atoms with Crippen LogP contribution < -0.4 is 0 Å². The van der Waals surface area contributed by atoms with Crippen LogP contribution in [0.5, 0.6) is 0 Å². The van der Waals surface area contributed by atoms with Gasteiger partial charge in [-0.15, -0.1) is 0 Å². The average molecular weight is 312 g/mol. The van der Waals surface area contributed by atoms with Crippen molar-refractivity contribution in [3.05, 3.63) is 0 Å². The molecule has 2 heterocycles. The fourth-order valence-corrected chi connectivity index (χ4v) is 11.6. The van der Waals surface area contributed by atoms with Gasteiger partial charge < -0.3 is 14.0 Å². The van der Waals surface area contributed by atoms with E-state index in [4.69, 9.17) is 25.8 Å². The first-order valence-corrected chi connectivity index (χ1v) is 11.8. The van der Waals surface area contributed by atoms with Crippen molar-refractivity contribution in [2.24, 2.45) is 0 Å². The van der Waals surface area contributed by atoms with Crippen molar-refractivity contribution in [3.8, 4) is 0 Å². The molecule has 0 radical (unpaired) electrons. The quantitative estimate of drug-likeness (QED) is 0.581. The summed E-state index contributed by atoms with van der Waals surface area (Å²) >= 11 is 9.27. The van der Waals surface area contributed by atoms with E-state index in [2.05, 4.69) is 6.92 Å². The molecule has 0 spiro atoms. The molecule has 2 saturated heterocycles. The lowest BCUT2D eigenvalue weighted by Crippen LogP contribution is -2.35. The van der Waals surface area contributed by atoms with E-state index in [9.17, 15) is 0 Å². The van der Waals surface area contributed by atoms with Gasteiger partial charge in [-0.05, 0) is 18.2 Å². The van der Waals surface area contributed by atoms with Gasteiger partial charge in [0.2, 0.25) is 0 Å². The zero-order valence-electron chi connectivity index (χ0n) is 10.3. The minimum atomic E-state index is -1.74. The van der Waals surface area contributed by atoms with Gasteiger partial charge in [-0.25, -0.2) is 0 Å². The smallest absolute Gasteiger partial charge is 0.175 e. The van der Waals surface area contributed by atoms with E-state index in [0.29, 0.717) is 0 Å². The molecule has 17 heavy (non-hydrogen) atoms. The molecular formula is C9H18BO3PS3. The molecule has 98 valence electrons. The maximum Gasteiger partial charge on any atom is 0.175 e. The van der Waals surface area contributed by atoms with Crippen LogP contribution in [0.25, 0.3) is 0 Å². The first-order valence-electron chi connectivity index (χ1n) is 5.85. The van der Waals surface area contributed by atoms with E-state index in [0.717, 1.165) is 17.9 Å². The molecule has 0 aromatic heterocycles. The fourth-order valence-electron chi connectivity index (χ4n) is 2.24. The molecule has 0 unspecified atom stereocenters. The number of rotatable bonds is 4. The summed E-state index contributed by atoms with van der Waals surface area (Å²) in [5, 5.41) is 0. The second-order valence-electron chi connectivity index (χ2n) is 4.17. The molecule has 2 rings (SSSR count). The van der Waals surface area contributed by atoms with Crippen LogP contribution in [-0.2, 0) is 25.8 Å². The highest BCUT2D eigenvalue weighted by Crippen LogP contribution is 2.75. The lowest BCUT2D eigenvalue weighted by atomic mass is 9.92. The topological polar surface area (TPSA) is 27.7 Å². The second-order valence-corrected chi connectivity index (χ2v) is 14.9. The first kappa shape index (κ1) is 14.7. The number of hydrogen-bond donors (Lipinski definition) is 0. The van der Waals surface area contributed by atoms with Gasteiger partial charge in [0.1, 0.15) is 20.1 Å². The predicted molar refractivity (Wildman–Crippen MR) is 82.4 cm³/mol. The Morgan fingerprint density at radius 3 is 2.59 bits per heavy atom. The number of hydrogen-bond acceptors (Lipinski definition) is 6. The highest BCUT2D eigenvalue weighted by Gasteiger charge is 2.45. The normalized spacial score (nSPS) is 40.8. The standard InChI is InChI=1S/C9H18BO3PS3/c1-3-6-7(8(11-2)9(10)12-6)13-14(15)16-4-5-17-14/h6-9H,3-5,10H2,1-2H3/t6-,7-,8-,9-/m1/s1. The Labute approximate surface area is 117 Å². The van der Waals surface area contributed by atoms with Crippen molar-refractivity contribution in [2.45, 2.75) is 37.7 Å². The molecule has 0 N–H and O–H groups in total. The Kier molecular flexibility index (Phi) is 5.33. The molecule has 2 aliphatic heterocycles. The van der Waals surface area contributed by atoms with E-state index in [1.165, 1.54) is 0 Å². The van der Waals surface area contributed by atoms with Crippen LogP contribution >= 0.6 is 27.4 Å². The molecule has 0 aromatic carbocycles. The summed E-state index contributed by atoms with van der Waals surface area (Å²) in [7, 11) is 3.77. The maximum atomic E-state index is 6.24. The van der Waals surface area contributed by atoms with Crippen LogP contribution in [0.2, 0.25) is 0 Å². The van der Waals surface area contributed by atoms with Crippen molar-refractivity contribution >= 4 is 47.1 Å². The van der Waals surface area contributed by atoms with E-state index in [1.54, 1.807) is 7.11 Å². The van der Waals surface area contributed by atoms with Crippen molar-refractivity contribution in [1.82, 2.24) is 0 Å². The van der Waals surface area contributed by atoms with E-state index < -0.39 is 4.67 Å². The minimum absolute atomic E-state index is 0.00364. The van der Waals surface area contributed by atoms with Crippen LogP contribution in [0.4, 0.5) is 0 Å². The Morgan fingerprint density at radius 1 is 1.41 bits per heavy atom. The Balaban J connectivity index is 2.08. The summed E-state index contributed by atoms with van der Waals surface area (Å²) in [4.78, 5) is 0. The van der Waals surface area contributed by atoms with Crippen molar-refractivity contribution in [1.29, 1.82) is 0 Å². The Morgan fingerprint density at radius 2 is 2.06 bits per heavy atom. The average Bonchev–Trinajstić information content (AvgIpc) is 2.84. The molecule has 4 atom stereocenters. The molecule has 0 bridgehead atoms. The highest BCUT2D eigenvalue weighted by molar-refractivity contribution is 9.00. The van der Waals surface area contributed by atoms with E-state index in [1.807, 2.05) is 30.6 Å². The summed E-state index contributed by atoms with van der Waals surface area (Å²) in [5.74, 6) is 2.22.